The zero-order chi connectivity index (χ0) is 21.3. The normalized spacial score (nSPS) is 23.8. The monoisotopic (exact) mass is 426 g/mol. The third kappa shape index (κ3) is 4.38. The predicted octanol–water partition coefficient (Wildman–Crippen LogP) is 5.02. The lowest BCUT2D eigenvalue weighted by atomic mass is 9.78. The van der Waals surface area contributed by atoms with E-state index in [9.17, 15) is 14.0 Å². The van der Waals surface area contributed by atoms with E-state index >= 15 is 0 Å². The largest absolute Gasteiger partial charge is 0.349 e. The van der Waals surface area contributed by atoms with E-state index in [1.165, 1.54) is 30.3 Å². The summed E-state index contributed by atoms with van der Waals surface area (Å²) in [6, 6.07) is 11.9. The van der Waals surface area contributed by atoms with Gasteiger partial charge in [0.25, 0.3) is 5.91 Å². The van der Waals surface area contributed by atoms with Gasteiger partial charge in [0.2, 0.25) is 5.91 Å². The second-order valence-electron chi connectivity index (χ2n) is 8.42. The fourth-order valence-corrected chi connectivity index (χ4v) is 5.24. The molecule has 0 spiro atoms. The van der Waals surface area contributed by atoms with Crippen molar-refractivity contribution < 1.29 is 14.0 Å². The molecule has 0 aromatic heterocycles. The number of amides is 2. The van der Waals surface area contributed by atoms with Gasteiger partial charge < -0.3 is 10.2 Å². The lowest BCUT2D eigenvalue weighted by molar-refractivity contribution is -0.116. The summed E-state index contributed by atoms with van der Waals surface area (Å²) >= 11 is 1.49. The summed E-state index contributed by atoms with van der Waals surface area (Å²) in [5.41, 5.74) is 2.17. The Balaban J connectivity index is 1.56. The molecular weight excluding hydrogens is 399 g/mol. The highest BCUT2D eigenvalue weighted by Crippen LogP contribution is 2.37. The summed E-state index contributed by atoms with van der Waals surface area (Å²) < 4.78 is 13.2. The van der Waals surface area contributed by atoms with Gasteiger partial charge in [-0.15, -0.1) is 11.8 Å². The van der Waals surface area contributed by atoms with Crippen LogP contribution in [0.2, 0.25) is 0 Å². The maximum absolute atomic E-state index is 13.2. The van der Waals surface area contributed by atoms with Crippen LogP contribution in [0.3, 0.4) is 0 Å². The average molecular weight is 427 g/mol. The van der Waals surface area contributed by atoms with Crippen molar-refractivity contribution in [2.24, 2.45) is 11.8 Å². The van der Waals surface area contributed by atoms with E-state index in [-0.39, 0.29) is 23.7 Å². The summed E-state index contributed by atoms with van der Waals surface area (Å²) in [4.78, 5) is 28.3. The third-order valence-electron chi connectivity index (χ3n) is 6.44. The SMILES string of the molecule is C[C@@H]1[C@H](C)CCC[C@@H]1NC(=O)c1ccc2c(c1)N(Cc1ccc(F)cc1)C(=O)CS2. The van der Waals surface area contributed by atoms with Crippen LogP contribution in [0.15, 0.2) is 47.4 Å². The molecule has 4 rings (SSSR count). The summed E-state index contributed by atoms with van der Waals surface area (Å²) in [7, 11) is 0. The highest BCUT2D eigenvalue weighted by atomic mass is 32.2. The summed E-state index contributed by atoms with van der Waals surface area (Å²) in [5.74, 6) is 1.01. The third-order valence-corrected chi connectivity index (χ3v) is 7.49. The number of carbonyl (C=O) groups is 2. The first kappa shape index (κ1) is 20.9. The average Bonchev–Trinajstić information content (AvgIpc) is 2.74. The predicted molar refractivity (Wildman–Crippen MR) is 118 cm³/mol. The zero-order valence-electron chi connectivity index (χ0n) is 17.4. The van der Waals surface area contributed by atoms with E-state index < -0.39 is 0 Å². The molecule has 0 bridgehead atoms. The Morgan fingerprint density at radius 3 is 2.70 bits per heavy atom. The molecule has 2 amide bonds. The number of rotatable bonds is 4. The molecule has 1 fully saturated rings. The number of carbonyl (C=O) groups excluding carboxylic acids is 2. The van der Waals surface area contributed by atoms with Gasteiger partial charge in [0, 0.05) is 16.5 Å². The molecule has 2 aromatic rings. The first-order valence-corrected chi connectivity index (χ1v) is 11.5. The molecule has 1 heterocycles. The van der Waals surface area contributed by atoms with Crippen molar-refractivity contribution in [3.8, 4) is 0 Å². The van der Waals surface area contributed by atoms with Crippen molar-refractivity contribution in [2.45, 2.75) is 50.6 Å². The standard InChI is InChI=1S/C24H27FN2O2S/c1-15-4-3-5-20(16(15)2)26-24(29)18-8-11-22-21(12-18)27(23(28)14-30-22)13-17-6-9-19(25)10-7-17/h6-12,15-16,20H,3-5,13-14H2,1-2H3,(H,26,29)/t15-,16-,20+/m1/s1. The van der Waals surface area contributed by atoms with Crippen LogP contribution >= 0.6 is 11.8 Å². The van der Waals surface area contributed by atoms with Crippen molar-refractivity contribution in [3.63, 3.8) is 0 Å². The topological polar surface area (TPSA) is 49.4 Å². The maximum atomic E-state index is 13.2. The minimum atomic E-state index is -0.301. The Morgan fingerprint density at radius 2 is 1.93 bits per heavy atom. The van der Waals surface area contributed by atoms with Crippen LogP contribution in [0.1, 0.15) is 49.0 Å². The van der Waals surface area contributed by atoms with Gasteiger partial charge in [-0.2, -0.15) is 0 Å². The van der Waals surface area contributed by atoms with Crippen molar-refractivity contribution in [1.82, 2.24) is 5.32 Å². The Morgan fingerprint density at radius 1 is 1.17 bits per heavy atom. The van der Waals surface area contributed by atoms with Crippen molar-refractivity contribution in [2.75, 3.05) is 10.7 Å². The number of halogens is 1. The van der Waals surface area contributed by atoms with E-state index in [0.717, 1.165) is 29.0 Å². The van der Waals surface area contributed by atoms with Crippen LogP contribution < -0.4 is 10.2 Å². The van der Waals surface area contributed by atoms with Crippen LogP contribution in [0.5, 0.6) is 0 Å². The second-order valence-corrected chi connectivity index (χ2v) is 9.44. The minimum absolute atomic E-state index is 0.0101. The highest BCUT2D eigenvalue weighted by molar-refractivity contribution is 8.00. The Bertz CT molecular complexity index is 947. The van der Waals surface area contributed by atoms with Crippen molar-refractivity contribution in [3.05, 3.63) is 59.4 Å². The molecule has 0 unspecified atom stereocenters. The highest BCUT2D eigenvalue weighted by Gasteiger charge is 2.30. The van der Waals surface area contributed by atoms with E-state index in [4.69, 9.17) is 0 Å². The molecule has 4 nitrogen and oxygen atoms in total. The van der Waals surface area contributed by atoms with E-state index in [2.05, 4.69) is 19.2 Å². The van der Waals surface area contributed by atoms with Crippen LogP contribution in [-0.4, -0.2) is 23.6 Å². The Kier molecular flexibility index (Phi) is 6.14. The lowest BCUT2D eigenvalue weighted by Crippen LogP contribution is -2.43. The molecule has 2 aliphatic rings. The second kappa shape index (κ2) is 8.80. The summed E-state index contributed by atoms with van der Waals surface area (Å²) in [5, 5.41) is 3.21. The molecule has 1 saturated carbocycles. The van der Waals surface area contributed by atoms with E-state index in [1.807, 2.05) is 18.2 Å². The molecule has 1 aliphatic carbocycles. The molecule has 158 valence electrons. The van der Waals surface area contributed by atoms with Crippen molar-refractivity contribution >= 4 is 29.3 Å². The van der Waals surface area contributed by atoms with Crippen molar-refractivity contribution in [1.29, 1.82) is 0 Å². The first-order valence-electron chi connectivity index (χ1n) is 10.5. The number of fused-ring (bicyclic) bond motifs is 1. The van der Waals surface area contributed by atoms with Gasteiger partial charge in [0.05, 0.1) is 18.0 Å². The number of anilines is 1. The molecule has 1 aliphatic heterocycles. The number of benzene rings is 2. The summed E-state index contributed by atoms with van der Waals surface area (Å²) in [6.07, 6.45) is 3.36. The quantitative estimate of drug-likeness (QED) is 0.747. The number of hydrogen-bond donors (Lipinski definition) is 1. The van der Waals surface area contributed by atoms with Gasteiger partial charge in [0.1, 0.15) is 5.82 Å². The number of thioether (sulfide) groups is 1. The number of nitrogens with one attached hydrogen (secondary N) is 1. The lowest BCUT2D eigenvalue weighted by Gasteiger charge is -2.34. The van der Waals surface area contributed by atoms with Crippen LogP contribution in [0.4, 0.5) is 10.1 Å². The molecular formula is C24H27FN2O2S. The fourth-order valence-electron chi connectivity index (χ4n) is 4.33. The smallest absolute Gasteiger partial charge is 0.251 e. The summed E-state index contributed by atoms with van der Waals surface area (Å²) in [6.45, 7) is 4.81. The maximum Gasteiger partial charge on any atom is 0.251 e. The molecule has 0 saturated heterocycles. The fraction of sp³-hybridized carbons (Fsp3) is 0.417. The van der Waals surface area contributed by atoms with Crippen LogP contribution in [-0.2, 0) is 11.3 Å². The van der Waals surface area contributed by atoms with Gasteiger partial charge in [0.15, 0.2) is 0 Å². The van der Waals surface area contributed by atoms with Crippen LogP contribution in [0, 0.1) is 17.7 Å². The zero-order valence-corrected chi connectivity index (χ0v) is 18.2. The first-order chi connectivity index (χ1) is 14.4. The van der Waals surface area contributed by atoms with Gasteiger partial charge in [-0.1, -0.05) is 38.8 Å². The Hall–Kier alpha value is -2.34. The van der Waals surface area contributed by atoms with E-state index in [1.54, 1.807) is 17.0 Å². The van der Waals surface area contributed by atoms with Crippen LogP contribution in [0.25, 0.3) is 0 Å². The molecule has 6 heteroatoms. The Labute approximate surface area is 181 Å². The minimum Gasteiger partial charge on any atom is -0.349 e. The molecule has 30 heavy (non-hydrogen) atoms. The molecule has 3 atom stereocenters. The van der Waals surface area contributed by atoms with Gasteiger partial charge in [-0.3, -0.25) is 9.59 Å². The van der Waals surface area contributed by atoms with Gasteiger partial charge >= 0.3 is 0 Å². The number of hydrogen-bond acceptors (Lipinski definition) is 3. The number of nitrogens with zero attached hydrogens (tertiary/aromatic N) is 1. The van der Waals surface area contributed by atoms with E-state index in [0.29, 0.717) is 29.7 Å². The molecule has 1 N–H and O–H groups in total. The van der Waals surface area contributed by atoms with Gasteiger partial charge in [-0.25, -0.2) is 4.39 Å². The van der Waals surface area contributed by atoms with Gasteiger partial charge in [-0.05, 0) is 54.2 Å². The molecule has 0 radical (unpaired) electrons. The molecule has 2 aromatic carbocycles.